The van der Waals surface area contributed by atoms with Gasteiger partial charge in [0.1, 0.15) is 0 Å². The van der Waals surface area contributed by atoms with Crippen LogP contribution in [0.2, 0.25) is 0 Å². The highest BCUT2D eigenvalue weighted by molar-refractivity contribution is 8.29. The zero-order valence-electron chi connectivity index (χ0n) is 2.87. The lowest BCUT2D eigenvalue weighted by molar-refractivity contribution is 1.37. The molecule has 0 aromatic heterocycles. The van der Waals surface area contributed by atoms with E-state index in [1.54, 1.807) is 11.6 Å². The van der Waals surface area contributed by atoms with Gasteiger partial charge in [0.25, 0.3) is 0 Å². The van der Waals surface area contributed by atoms with Crippen molar-refractivity contribution in [3.8, 4) is 0 Å². The predicted molar refractivity (Wildman–Crippen MR) is 28.7 cm³/mol. The molecule has 1 unspecified atom stereocenters. The highest BCUT2D eigenvalue weighted by Crippen LogP contribution is 1.97. The topological polar surface area (TPSA) is 24.7 Å². The Hall–Kier alpha value is -0.0900. The van der Waals surface area contributed by atoms with Crippen molar-refractivity contribution < 1.29 is 0 Å². The molecule has 0 fully saturated rings. The van der Waals surface area contributed by atoms with Gasteiger partial charge in [-0.3, -0.25) is 0 Å². The maximum atomic E-state index is 4.68. The van der Waals surface area contributed by atoms with E-state index in [1.807, 2.05) is 0 Å². The van der Waals surface area contributed by atoms with Crippen LogP contribution in [0.25, 0.3) is 0 Å². The van der Waals surface area contributed by atoms with Crippen molar-refractivity contribution in [2.24, 2.45) is 9.63 Å². The summed E-state index contributed by atoms with van der Waals surface area (Å²) in [5, 5.41) is 5.30. The van der Waals surface area contributed by atoms with Crippen LogP contribution >= 0.6 is 0 Å². The zero-order chi connectivity index (χ0) is 4.41. The van der Waals surface area contributed by atoms with Crippen LogP contribution in [0, 0.1) is 0 Å². The van der Waals surface area contributed by atoms with Crippen LogP contribution in [0.3, 0.4) is 0 Å². The summed E-state index contributed by atoms with van der Waals surface area (Å²) in [5.41, 5.74) is 0. The minimum Gasteiger partial charge on any atom is -0.151 e. The summed E-state index contributed by atoms with van der Waals surface area (Å²) in [5.74, 6) is 0. The molecule has 0 N–H and O–H groups in total. The smallest absolute Gasteiger partial charge is 0.0587 e. The maximum absolute atomic E-state index is 4.68. The molecule has 6 heavy (non-hydrogen) atoms. The molecule has 4 heteroatoms. The Morgan fingerprint density at radius 2 is 2.50 bits per heavy atom. The lowest BCUT2D eigenvalue weighted by Gasteiger charge is -1.67. The molecule has 0 saturated heterocycles. The molecule has 0 saturated carbocycles. The number of nitrogens with zero attached hydrogens (tertiary/aromatic N) is 2. The minimum absolute atomic E-state index is 0.312. The van der Waals surface area contributed by atoms with E-state index in [1.165, 1.54) is 0 Å². The van der Waals surface area contributed by atoms with Crippen LogP contribution in [-0.2, 0) is 20.8 Å². The van der Waals surface area contributed by atoms with E-state index < -0.39 is 0 Å². The van der Waals surface area contributed by atoms with Gasteiger partial charge in [-0.2, -0.15) is 5.11 Å². The van der Waals surface area contributed by atoms with Gasteiger partial charge in [0.2, 0.25) is 0 Å². The largest absolute Gasteiger partial charge is 0.151 e. The van der Waals surface area contributed by atoms with Gasteiger partial charge in [-0.15, -0.1) is 4.52 Å². The molecule has 1 aliphatic heterocycles. The molecule has 0 radical (unpaired) electrons. The average Bonchev–Trinajstić information content (AvgIpc) is 1.86. The standard InChI is InChI=1S/C2H2N2S2/c5-6-2-1-3-4-6/h1-2H. The van der Waals surface area contributed by atoms with Crippen molar-refractivity contribution >= 4 is 20.8 Å². The normalized spacial score (nSPS) is 29.0. The fourth-order valence-electron chi connectivity index (χ4n) is 0.180. The summed E-state index contributed by atoms with van der Waals surface area (Å²) >= 11 is 4.68. The number of hydrogen-bond acceptors (Lipinski definition) is 2. The fraction of sp³-hybridized carbons (Fsp3) is 0. The molecule has 1 atom stereocenters. The molecule has 0 aromatic rings. The van der Waals surface area contributed by atoms with Crippen LogP contribution < -0.4 is 0 Å². The first kappa shape index (κ1) is 4.08. The summed E-state index contributed by atoms with van der Waals surface area (Å²) < 4.78 is 3.59. The molecule has 1 aliphatic rings. The first-order chi connectivity index (χ1) is 2.89. The third-order valence-electron chi connectivity index (χ3n) is 0.372. The van der Waals surface area contributed by atoms with Gasteiger partial charge in [0, 0.05) is 15.0 Å². The second-order valence-corrected chi connectivity index (χ2v) is 2.77. The van der Waals surface area contributed by atoms with Crippen LogP contribution in [0.4, 0.5) is 0 Å². The van der Waals surface area contributed by atoms with E-state index in [4.69, 9.17) is 0 Å². The van der Waals surface area contributed by atoms with Gasteiger partial charge < -0.3 is 0 Å². The Labute approximate surface area is 42.7 Å². The third kappa shape index (κ3) is 0.693. The first-order valence-corrected chi connectivity index (χ1v) is 3.55. The molecule has 1 rings (SSSR count). The zero-order valence-corrected chi connectivity index (χ0v) is 4.50. The van der Waals surface area contributed by atoms with Crippen molar-refractivity contribution in [2.75, 3.05) is 0 Å². The van der Waals surface area contributed by atoms with E-state index in [2.05, 4.69) is 20.8 Å². The molecule has 0 aliphatic carbocycles. The van der Waals surface area contributed by atoms with Crippen LogP contribution in [-0.4, -0.2) is 0 Å². The molecular formula is C2H2N2S2. The van der Waals surface area contributed by atoms with Gasteiger partial charge in [0.15, 0.2) is 0 Å². The predicted octanol–water partition coefficient (Wildman–Crippen LogP) is 0.919. The Balaban J connectivity index is 2.86. The molecule has 1 heterocycles. The van der Waals surface area contributed by atoms with E-state index in [0.717, 1.165) is 0 Å². The van der Waals surface area contributed by atoms with Crippen LogP contribution in [0.15, 0.2) is 21.2 Å². The Morgan fingerprint density at radius 3 is 2.67 bits per heavy atom. The van der Waals surface area contributed by atoms with Crippen molar-refractivity contribution in [3.63, 3.8) is 0 Å². The minimum atomic E-state index is -0.312. The van der Waals surface area contributed by atoms with Gasteiger partial charge in [0.05, 0.1) is 6.20 Å². The Kier molecular flexibility index (Phi) is 1.07. The fourth-order valence-corrected chi connectivity index (χ4v) is 0.805. The lowest BCUT2D eigenvalue weighted by atomic mass is 11.1. The van der Waals surface area contributed by atoms with Gasteiger partial charge in [-0.1, -0.05) is 0 Å². The second-order valence-electron chi connectivity index (χ2n) is 0.758. The van der Waals surface area contributed by atoms with Crippen LogP contribution in [0.1, 0.15) is 0 Å². The molecule has 0 bridgehead atoms. The average molecular weight is 118 g/mol. The molecule has 0 aromatic carbocycles. The quantitative estimate of drug-likeness (QED) is 0.464. The summed E-state index contributed by atoms with van der Waals surface area (Å²) in [4.78, 5) is 0. The molecule has 0 spiro atoms. The van der Waals surface area contributed by atoms with Crippen LogP contribution in [0.5, 0.6) is 0 Å². The van der Waals surface area contributed by atoms with Gasteiger partial charge in [-0.05, 0) is 11.2 Å². The molecule has 2 nitrogen and oxygen atoms in total. The summed E-state index contributed by atoms with van der Waals surface area (Å²) in [6.45, 7) is 0. The SMILES string of the molecule is S=S1C=CN=N1. The van der Waals surface area contributed by atoms with Gasteiger partial charge in [-0.25, -0.2) is 0 Å². The third-order valence-corrected chi connectivity index (χ3v) is 1.51. The van der Waals surface area contributed by atoms with Crippen molar-refractivity contribution in [1.29, 1.82) is 0 Å². The summed E-state index contributed by atoms with van der Waals surface area (Å²) in [6.07, 6.45) is 1.62. The van der Waals surface area contributed by atoms with Crippen molar-refractivity contribution in [2.45, 2.75) is 0 Å². The molecule has 0 amide bonds. The van der Waals surface area contributed by atoms with E-state index in [9.17, 15) is 0 Å². The second kappa shape index (κ2) is 1.57. The summed E-state index contributed by atoms with van der Waals surface area (Å²) in [6, 6.07) is 0. The van der Waals surface area contributed by atoms with E-state index in [-0.39, 0.29) is 9.64 Å². The number of rotatable bonds is 0. The summed E-state index contributed by atoms with van der Waals surface area (Å²) in [7, 11) is -0.312. The number of hydrogen-bond donors (Lipinski definition) is 0. The van der Waals surface area contributed by atoms with E-state index >= 15 is 0 Å². The van der Waals surface area contributed by atoms with Crippen molar-refractivity contribution in [3.05, 3.63) is 11.6 Å². The maximum Gasteiger partial charge on any atom is 0.0587 e. The van der Waals surface area contributed by atoms with Crippen molar-refractivity contribution in [1.82, 2.24) is 0 Å². The highest BCUT2D eigenvalue weighted by Gasteiger charge is 1.84. The molecule has 32 valence electrons. The molecular weight excluding hydrogens is 116 g/mol. The van der Waals surface area contributed by atoms with Gasteiger partial charge >= 0.3 is 0 Å². The first-order valence-electron chi connectivity index (χ1n) is 1.38. The lowest BCUT2D eigenvalue weighted by Crippen LogP contribution is -1.59. The Bertz CT molecular complexity index is 112. The van der Waals surface area contributed by atoms with E-state index in [0.29, 0.717) is 0 Å². The Morgan fingerprint density at radius 1 is 1.67 bits per heavy atom. The monoisotopic (exact) mass is 118 g/mol. The highest BCUT2D eigenvalue weighted by atomic mass is 32.8.